The molecule has 0 radical (unpaired) electrons. The van der Waals surface area contributed by atoms with Crippen LogP contribution in [0.1, 0.15) is 22.8 Å². The van der Waals surface area contributed by atoms with Crippen molar-refractivity contribution in [1.29, 1.82) is 0 Å². The first-order valence-corrected chi connectivity index (χ1v) is 7.90. The van der Waals surface area contributed by atoms with Gasteiger partial charge in [0.1, 0.15) is 5.84 Å². The Morgan fingerprint density at radius 1 is 1.33 bits per heavy atom. The Morgan fingerprint density at radius 3 is 2.50 bits per heavy atom. The molecule has 1 fully saturated rings. The minimum Gasteiger partial charge on any atom is -0.465 e. The van der Waals surface area contributed by atoms with Gasteiger partial charge in [0.2, 0.25) is 0 Å². The second kappa shape index (κ2) is 7.52. The summed E-state index contributed by atoms with van der Waals surface area (Å²) >= 11 is 3.08. The number of hydrogen-bond donors (Lipinski definition) is 0. The summed E-state index contributed by atoms with van der Waals surface area (Å²) in [5, 5.41) is 0. The topological polar surface area (TPSA) is 51.1 Å². The molecule has 0 aliphatic carbocycles. The summed E-state index contributed by atoms with van der Waals surface area (Å²) in [6, 6.07) is 1.65. The maximum absolute atomic E-state index is 13.0. The van der Waals surface area contributed by atoms with E-state index in [0.29, 0.717) is 32.1 Å². The van der Waals surface area contributed by atoms with Crippen LogP contribution < -0.4 is 0 Å². The Bertz CT molecular complexity index is 656. The molecule has 2 rings (SSSR count). The highest BCUT2D eigenvalue weighted by Gasteiger charge is 2.33. The van der Waals surface area contributed by atoms with Crippen molar-refractivity contribution in [2.45, 2.75) is 13.1 Å². The molecule has 1 aliphatic heterocycles. The number of aliphatic imine (C=N–C) groups is 1. The molecule has 9 heteroatoms. The Morgan fingerprint density at radius 2 is 1.96 bits per heavy atom. The molecule has 5 nitrogen and oxygen atoms in total. The minimum atomic E-state index is -4.58. The number of esters is 1. The first kappa shape index (κ1) is 18.7. The van der Waals surface area contributed by atoms with Crippen molar-refractivity contribution in [3.63, 3.8) is 0 Å². The van der Waals surface area contributed by atoms with Crippen molar-refractivity contribution in [3.8, 4) is 0 Å². The van der Waals surface area contributed by atoms with Gasteiger partial charge in [-0.15, -0.1) is 0 Å². The molecule has 24 heavy (non-hydrogen) atoms. The number of rotatable bonds is 2. The monoisotopic (exact) mass is 408 g/mol. The van der Waals surface area contributed by atoms with Gasteiger partial charge in [-0.2, -0.15) is 13.2 Å². The highest BCUT2D eigenvalue weighted by Crippen LogP contribution is 2.38. The second-order valence-corrected chi connectivity index (χ2v) is 5.96. The zero-order valence-electron chi connectivity index (χ0n) is 13.1. The molecule has 0 amide bonds. The van der Waals surface area contributed by atoms with E-state index in [4.69, 9.17) is 4.74 Å². The summed E-state index contributed by atoms with van der Waals surface area (Å²) in [5.41, 5.74) is -1.08. The van der Waals surface area contributed by atoms with Crippen molar-refractivity contribution in [1.82, 2.24) is 4.90 Å². The van der Waals surface area contributed by atoms with Crippen LogP contribution in [0.25, 0.3) is 0 Å². The Hall–Kier alpha value is -1.61. The average Bonchev–Trinajstić information content (AvgIpc) is 2.55. The summed E-state index contributed by atoms with van der Waals surface area (Å²) in [6.45, 7) is 4.08. The smallest absolute Gasteiger partial charge is 0.416 e. The summed E-state index contributed by atoms with van der Waals surface area (Å²) in [6.07, 6.45) is -4.58. The van der Waals surface area contributed by atoms with Gasteiger partial charge in [-0.05, 0) is 35.0 Å². The molecule has 1 heterocycles. The van der Waals surface area contributed by atoms with Crippen molar-refractivity contribution in [2.24, 2.45) is 4.99 Å². The van der Waals surface area contributed by atoms with E-state index in [-0.39, 0.29) is 15.7 Å². The molecule has 1 aliphatic rings. The highest BCUT2D eigenvalue weighted by molar-refractivity contribution is 9.10. The fourth-order valence-electron chi connectivity index (χ4n) is 2.26. The number of ether oxygens (including phenoxy) is 2. The summed E-state index contributed by atoms with van der Waals surface area (Å²) in [5.74, 6) is -0.292. The van der Waals surface area contributed by atoms with E-state index in [2.05, 4.69) is 25.7 Å². The van der Waals surface area contributed by atoms with Crippen LogP contribution in [0.5, 0.6) is 0 Å². The highest BCUT2D eigenvalue weighted by atomic mass is 79.9. The lowest BCUT2D eigenvalue weighted by Crippen LogP contribution is -2.39. The number of amidine groups is 1. The first-order valence-electron chi connectivity index (χ1n) is 7.11. The van der Waals surface area contributed by atoms with E-state index < -0.39 is 17.7 Å². The maximum Gasteiger partial charge on any atom is 0.416 e. The Kier molecular flexibility index (Phi) is 5.87. The van der Waals surface area contributed by atoms with Gasteiger partial charge in [0.15, 0.2) is 0 Å². The molecular formula is C15H16BrF3N2O3. The van der Waals surface area contributed by atoms with Crippen LogP contribution in [-0.4, -0.2) is 50.1 Å². The molecule has 1 saturated heterocycles. The number of halogens is 4. The molecule has 0 saturated carbocycles. The van der Waals surface area contributed by atoms with E-state index in [0.717, 1.165) is 19.2 Å². The second-order valence-electron chi connectivity index (χ2n) is 5.10. The van der Waals surface area contributed by atoms with Gasteiger partial charge in [-0.25, -0.2) is 9.79 Å². The number of benzene rings is 1. The van der Waals surface area contributed by atoms with Crippen LogP contribution in [0.15, 0.2) is 21.6 Å². The van der Waals surface area contributed by atoms with E-state index in [9.17, 15) is 18.0 Å². The fourth-order valence-corrected chi connectivity index (χ4v) is 2.81. The van der Waals surface area contributed by atoms with Crippen molar-refractivity contribution >= 4 is 33.4 Å². The summed E-state index contributed by atoms with van der Waals surface area (Å²) in [4.78, 5) is 18.2. The lowest BCUT2D eigenvalue weighted by atomic mass is 10.1. The van der Waals surface area contributed by atoms with Gasteiger partial charge < -0.3 is 14.4 Å². The molecule has 0 bridgehead atoms. The van der Waals surface area contributed by atoms with Gasteiger partial charge in [0, 0.05) is 17.6 Å². The Balaban J connectivity index is 2.49. The molecule has 132 valence electrons. The summed E-state index contributed by atoms with van der Waals surface area (Å²) in [7, 11) is 1.11. The largest absolute Gasteiger partial charge is 0.465 e. The van der Waals surface area contributed by atoms with Gasteiger partial charge in [-0.3, -0.25) is 0 Å². The van der Waals surface area contributed by atoms with Crippen molar-refractivity contribution in [3.05, 3.63) is 27.7 Å². The van der Waals surface area contributed by atoms with Crippen LogP contribution in [0, 0.1) is 0 Å². The average molecular weight is 409 g/mol. The normalized spacial score (nSPS) is 16.2. The lowest BCUT2D eigenvalue weighted by molar-refractivity contribution is -0.137. The predicted octanol–water partition coefficient (Wildman–Crippen LogP) is 3.64. The quantitative estimate of drug-likeness (QED) is 0.425. The van der Waals surface area contributed by atoms with Crippen LogP contribution in [-0.2, 0) is 15.7 Å². The molecule has 0 unspecified atom stereocenters. The van der Waals surface area contributed by atoms with Crippen LogP contribution in [0.4, 0.5) is 18.9 Å². The zero-order chi connectivity index (χ0) is 17.9. The number of methoxy groups -OCH3 is 1. The zero-order valence-corrected chi connectivity index (χ0v) is 14.7. The van der Waals surface area contributed by atoms with Crippen LogP contribution >= 0.6 is 15.9 Å². The molecule has 0 N–H and O–H groups in total. The number of carbonyl (C=O) groups is 1. The molecule has 0 atom stereocenters. The van der Waals surface area contributed by atoms with Gasteiger partial charge in [-0.1, -0.05) is 0 Å². The number of alkyl halides is 3. The fraction of sp³-hybridized carbons (Fsp3) is 0.467. The minimum absolute atomic E-state index is 0.0744. The summed E-state index contributed by atoms with van der Waals surface area (Å²) < 4.78 is 48.8. The van der Waals surface area contributed by atoms with Crippen LogP contribution in [0.2, 0.25) is 0 Å². The lowest BCUT2D eigenvalue weighted by Gasteiger charge is -2.28. The first-order chi connectivity index (χ1) is 11.2. The Labute approximate surface area is 145 Å². The molecule has 1 aromatic carbocycles. The van der Waals surface area contributed by atoms with Crippen LogP contribution in [0.3, 0.4) is 0 Å². The van der Waals surface area contributed by atoms with Gasteiger partial charge in [0.05, 0.1) is 37.1 Å². The maximum atomic E-state index is 13.0. The van der Waals surface area contributed by atoms with E-state index in [1.165, 1.54) is 0 Å². The molecule has 0 spiro atoms. The predicted molar refractivity (Wildman–Crippen MR) is 85.6 cm³/mol. The van der Waals surface area contributed by atoms with Gasteiger partial charge >= 0.3 is 12.1 Å². The molecular weight excluding hydrogens is 393 g/mol. The van der Waals surface area contributed by atoms with Crippen molar-refractivity contribution < 1.29 is 27.4 Å². The van der Waals surface area contributed by atoms with E-state index in [1.807, 2.05) is 4.90 Å². The van der Waals surface area contributed by atoms with E-state index >= 15 is 0 Å². The van der Waals surface area contributed by atoms with E-state index in [1.54, 1.807) is 6.92 Å². The third kappa shape index (κ3) is 4.27. The molecule has 0 aromatic heterocycles. The van der Waals surface area contributed by atoms with Gasteiger partial charge in [0.25, 0.3) is 0 Å². The third-order valence-corrected chi connectivity index (χ3v) is 4.14. The number of hydrogen-bond acceptors (Lipinski definition) is 4. The van der Waals surface area contributed by atoms with Crippen molar-refractivity contribution in [2.75, 3.05) is 33.4 Å². The molecule has 1 aromatic rings. The number of carbonyl (C=O) groups excluding carboxylic acids is 1. The number of nitrogens with zero attached hydrogens (tertiary/aromatic N) is 2. The number of morpholine rings is 1. The standard InChI is InChI=1S/C15H16BrF3N2O3/c1-9(21-3-5-24-6-4-21)20-13-11(14(22)23-2)7-10(8-12(13)16)15(17,18)19/h7-8H,3-6H2,1-2H3. The SMILES string of the molecule is COC(=O)c1cc(C(F)(F)F)cc(Br)c1N=C(C)N1CCOCC1. The third-order valence-electron chi connectivity index (χ3n) is 3.54.